The van der Waals surface area contributed by atoms with Gasteiger partial charge in [0.25, 0.3) is 0 Å². The molecule has 2 aliphatic rings. The highest BCUT2D eigenvalue weighted by Crippen LogP contribution is 2.30. The Morgan fingerprint density at radius 3 is 2.95 bits per heavy atom. The second-order valence-corrected chi connectivity index (χ2v) is 6.07. The number of amides is 1. The van der Waals surface area contributed by atoms with Crippen LogP contribution in [0, 0.1) is 0 Å². The first kappa shape index (κ1) is 14.5. The van der Waals surface area contributed by atoms with Gasteiger partial charge in [-0.05, 0) is 37.7 Å². The van der Waals surface area contributed by atoms with Crippen molar-refractivity contribution in [2.45, 2.75) is 50.3 Å². The fourth-order valence-electron chi connectivity index (χ4n) is 3.50. The third-order valence-corrected chi connectivity index (χ3v) is 4.67. The van der Waals surface area contributed by atoms with Crippen molar-refractivity contribution >= 4 is 5.91 Å². The number of carbonyl (C=O) groups is 1. The Kier molecular flexibility index (Phi) is 4.56. The number of carbonyl (C=O) groups excluding carboxylic acids is 1. The minimum absolute atomic E-state index is 0.103. The third-order valence-electron chi connectivity index (χ3n) is 4.67. The molecule has 4 heteroatoms. The number of aryl methyl sites for hydroxylation is 1. The Balaban J connectivity index is 1.56. The van der Waals surface area contributed by atoms with Crippen LogP contribution in [0.2, 0.25) is 0 Å². The van der Waals surface area contributed by atoms with E-state index in [2.05, 4.69) is 12.1 Å². The molecule has 1 aliphatic carbocycles. The molecular weight excluding hydrogens is 264 g/mol. The van der Waals surface area contributed by atoms with E-state index in [9.17, 15) is 4.79 Å². The predicted octanol–water partition coefficient (Wildman–Crippen LogP) is 1.73. The van der Waals surface area contributed by atoms with E-state index in [0.29, 0.717) is 19.6 Å². The van der Waals surface area contributed by atoms with Crippen LogP contribution in [0.4, 0.5) is 0 Å². The van der Waals surface area contributed by atoms with E-state index in [1.165, 1.54) is 5.56 Å². The minimum Gasteiger partial charge on any atom is -0.374 e. The molecule has 2 fully saturated rings. The van der Waals surface area contributed by atoms with Gasteiger partial charge in [0.15, 0.2) is 0 Å². The molecule has 0 radical (unpaired) electrons. The lowest BCUT2D eigenvalue weighted by molar-refractivity contribution is -0.145. The molecule has 1 saturated carbocycles. The molecule has 1 amide bonds. The van der Waals surface area contributed by atoms with Gasteiger partial charge in [0.1, 0.15) is 0 Å². The number of ether oxygens (including phenoxy) is 1. The van der Waals surface area contributed by atoms with Crippen molar-refractivity contribution in [3.8, 4) is 0 Å². The molecule has 0 bridgehead atoms. The summed E-state index contributed by atoms with van der Waals surface area (Å²) in [5, 5.41) is 0. The van der Waals surface area contributed by atoms with Crippen molar-refractivity contribution in [2.24, 2.45) is 5.73 Å². The van der Waals surface area contributed by atoms with Gasteiger partial charge in [0.05, 0.1) is 24.8 Å². The van der Waals surface area contributed by atoms with E-state index in [0.717, 1.165) is 25.7 Å². The van der Waals surface area contributed by atoms with Crippen LogP contribution in [0.15, 0.2) is 30.3 Å². The van der Waals surface area contributed by atoms with Gasteiger partial charge in [0.2, 0.25) is 5.91 Å². The number of hydrogen-bond acceptors (Lipinski definition) is 3. The first-order valence-corrected chi connectivity index (χ1v) is 7.97. The van der Waals surface area contributed by atoms with E-state index in [1.807, 2.05) is 23.1 Å². The molecule has 0 aromatic heterocycles. The van der Waals surface area contributed by atoms with E-state index >= 15 is 0 Å². The molecule has 1 aromatic carbocycles. The summed E-state index contributed by atoms with van der Waals surface area (Å²) >= 11 is 0. The number of rotatable bonds is 4. The Labute approximate surface area is 126 Å². The summed E-state index contributed by atoms with van der Waals surface area (Å²) in [6, 6.07) is 10.1. The summed E-state index contributed by atoms with van der Waals surface area (Å²) in [6.45, 7) is 1.34. The van der Waals surface area contributed by atoms with Crippen LogP contribution >= 0.6 is 0 Å². The fourth-order valence-corrected chi connectivity index (χ4v) is 3.50. The summed E-state index contributed by atoms with van der Waals surface area (Å²) in [7, 11) is 0. The van der Waals surface area contributed by atoms with Crippen molar-refractivity contribution in [2.75, 3.05) is 13.2 Å². The normalized spacial score (nSPS) is 26.4. The van der Waals surface area contributed by atoms with Crippen molar-refractivity contribution in [3.63, 3.8) is 0 Å². The van der Waals surface area contributed by atoms with Crippen molar-refractivity contribution in [1.29, 1.82) is 0 Å². The molecule has 2 unspecified atom stereocenters. The molecule has 1 heterocycles. The van der Waals surface area contributed by atoms with Gasteiger partial charge < -0.3 is 15.4 Å². The summed E-state index contributed by atoms with van der Waals surface area (Å²) in [6.07, 6.45) is 5.08. The number of benzene rings is 1. The van der Waals surface area contributed by atoms with Gasteiger partial charge in [-0.15, -0.1) is 0 Å². The van der Waals surface area contributed by atoms with E-state index in [4.69, 9.17) is 10.5 Å². The van der Waals surface area contributed by atoms with E-state index in [-0.39, 0.29) is 18.1 Å². The number of hydrogen-bond donors (Lipinski definition) is 1. The van der Waals surface area contributed by atoms with Crippen LogP contribution in [0.1, 0.15) is 31.2 Å². The van der Waals surface area contributed by atoms with Crippen LogP contribution in [0.25, 0.3) is 0 Å². The Hall–Kier alpha value is -1.39. The fraction of sp³-hybridized carbons (Fsp3) is 0.588. The predicted molar refractivity (Wildman–Crippen MR) is 81.8 cm³/mol. The summed E-state index contributed by atoms with van der Waals surface area (Å²) in [5.41, 5.74) is 7.38. The Morgan fingerprint density at radius 2 is 2.14 bits per heavy atom. The molecule has 2 N–H and O–H groups in total. The molecule has 1 saturated heterocycles. The molecule has 3 rings (SSSR count). The molecule has 3 atom stereocenters. The van der Waals surface area contributed by atoms with Crippen molar-refractivity contribution in [1.82, 2.24) is 4.90 Å². The first-order valence-electron chi connectivity index (χ1n) is 7.97. The molecular formula is C17H24N2O2. The number of nitrogens with two attached hydrogens (primary N) is 1. The maximum absolute atomic E-state index is 12.6. The smallest absolute Gasteiger partial charge is 0.239 e. The number of fused-ring (bicyclic) bond motifs is 1. The maximum atomic E-state index is 12.6. The topological polar surface area (TPSA) is 55.6 Å². The highest BCUT2D eigenvalue weighted by Gasteiger charge is 2.39. The van der Waals surface area contributed by atoms with Gasteiger partial charge in [-0.25, -0.2) is 0 Å². The Bertz CT molecular complexity index is 477. The summed E-state index contributed by atoms with van der Waals surface area (Å²) in [4.78, 5) is 14.6. The van der Waals surface area contributed by atoms with Crippen LogP contribution in [0.5, 0.6) is 0 Å². The highest BCUT2D eigenvalue weighted by atomic mass is 16.5. The zero-order valence-electron chi connectivity index (χ0n) is 12.4. The summed E-state index contributed by atoms with van der Waals surface area (Å²) in [5.74, 6) is 0.103. The second kappa shape index (κ2) is 6.58. The largest absolute Gasteiger partial charge is 0.374 e. The lowest BCUT2D eigenvalue weighted by atomic mass is 10.0. The van der Waals surface area contributed by atoms with Crippen molar-refractivity contribution in [3.05, 3.63) is 35.9 Å². The first-order chi connectivity index (χ1) is 10.3. The van der Waals surface area contributed by atoms with Crippen LogP contribution in [-0.4, -0.2) is 42.1 Å². The maximum Gasteiger partial charge on any atom is 0.239 e. The van der Waals surface area contributed by atoms with Crippen LogP contribution in [-0.2, 0) is 16.0 Å². The molecule has 114 valence electrons. The zero-order chi connectivity index (χ0) is 14.7. The van der Waals surface area contributed by atoms with Crippen LogP contribution < -0.4 is 5.73 Å². The number of morpholine rings is 1. The number of nitrogens with zero attached hydrogens (tertiary/aromatic N) is 1. The van der Waals surface area contributed by atoms with Gasteiger partial charge >= 0.3 is 0 Å². The highest BCUT2D eigenvalue weighted by molar-refractivity contribution is 5.82. The van der Waals surface area contributed by atoms with E-state index < -0.39 is 6.04 Å². The molecule has 0 spiro atoms. The molecule has 1 aliphatic heterocycles. The zero-order valence-corrected chi connectivity index (χ0v) is 12.4. The summed E-state index contributed by atoms with van der Waals surface area (Å²) < 4.78 is 5.76. The third kappa shape index (κ3) is 3.27. The van der Waals surface area contributed by atoms with E-state index in [1.54, 1.807) is 0 Å². The second-order valence-electron chi connectivity index (χ2n) is 6.07. The molecule has 21 heavy (non-hydrogen) atoms. The van der Waals surface area contributed by atoms with Gasteiger partial charge in [-0.1, -0.05) is 30.3 Å². The van der Waals surface area contributed by atoms with Gasteiger partial charge in [0, 0.05) is 6.54 Å². The van der Waals surface area contributed by atoms with Gasteiger partial charge in [-0.2, -0.15) is 0 Å². The van der Waals surface area contributed by atoms with Crippen molar-refractivity contribution < 1.29 is 9.53 Å². The standard InChI is InChI=1S/C17H24N2O2/c18-14(10-9-13-5-2-1-3-6-13)17(20)19-11-12-21-16-8-4-7-15(16)19/h1-3,5-6,14-16H,4,7-12,18H2/t14-,15?,16?/m0/s1. The quantitative estimate of drug-likeness (QED) is 0.918. The SMILES string of the molecule is N[C@@H](CCc1ccccc1)C(=O)N1CCOC2CCCC21. The Morgan fingerprint density at radius 1 is 1.33 bits per heavy atom. The molecule has 4 nitrogen and oxygen atoms in total. The lowest BCUT2D eigenvalue weighted by Gasteiger charge is -2.39. The monoisotopic (exact) mass is 288 g/mol. The molecule has 1 aromatic rings. The lowest BCUT2D eigenvalue weighted by Crippen LogP contribution is -2.55. The average molecular weight is 288 g/mol. The average Bonchev–Trinajstić information content (AvgIpc) is 3.01. The minimum atomic E-state index is -0.399. The van der Waals surface area contributed by atoms with Crippen LogP contribution in [0.3, 0.4) is 0 Å². The van der Waals surface area contributed by atoms with Gasteiger partial charge in [-0.3, -0.25) is 4.79 Å².